The van der Waals surface area contributed by atoms with Crippen molar-refractivity contribution < 1.29 is 4.74 Å². The first-order valence-electron chi connectivity index (χ1n) is 7.82. The van der Waals surface area contributed by atoms with E-state index in [9.17, 15) is 0 Å². The molecule has 1 unspecified atom stereocenters. The van der Waals surface area contributed by atoms with Crippen molar-refractivity contribution in [2.45, 2.75) is 64.8 Å². The number of morpholine rings is 1. The first-order valence-corrected chi connectivity index (χ1v) is 7.82. The van der Waals surface area contributed by atoms with Crippen molar-refractivity contribution in [1.29, 1.82) is 0 Å². The van der Waals surface area contributed by atoms with E-state index in [4.69, 9.17) is 10.5 Å². The fourth-order valence-electron chi connectivity index (χ4n) is 3.37. The van der Waals surface area contributed by atoms with Gasteiger partial charge in [-0.05, 0) is 41.5 Å². The second kappa shape index (κ2) is 5.71. The third-order valence-electron chi connectivity index (χ3n) is 3.92. The zero-order valence-corrected chi connectivity index (χ0v) is 14.3. The van der Waals surface area contributed by atoms with Gasteiger partial charge in [0.25, 0.3) is 0 Å². The van der Waals surface area contributed by atoms with Gasteiger partial charge in [0.15, 0.2) is 0 Å². The van der Waals surface area contributed by atoms with E-state index in [0.717, 1.165) is 13.1 Å². The Morgan fingerprint density at radius 1 is 1.24 bits per heavy atom. The van der Waals surface area contributed by atoms with Gasteiger partial charge in [0, 0.05) is 37.4 Å². The van der Waals surface area contributed by atoms with Crippen molar-refractivity contribution in [2.75, 3.05) is 19.6 Å². The fraction of sp³-hybridized carbons (Fsp3) is 0.812. The lowest BCUT2D eigenvalue weighted by Crippen LogP contribution is -2.58. The van der Waals surface area contributed by atoms with E-state index in [1.165, 1.54) is 5.56 Å². The van der Waals surface area contributed by atoms with Crippen molar-refractivity contribution in [3.05, 3.63) is 18.0 Å². The quantitative estimate of drug-likeness (QED) is 0.926. The van der Waals surface area contributed by atoms with Gasteiger partial charge in [-0.1, -0.05) is 0 Å². The summed E-state index contributed by atoms with van der Waals surface area (Å²) in [5.41, 5.74) is 6.95. The molecule has 2 N–H and O–H groups in total. The summed E-state index contributed by atoms with van der Waals surface area (Å²) in [6.45, 7) is 15.2. The molecule has 1 aliphatic heterocycles. The van der Waals surface area contributed by atoms with E-state index in [2.05, 4.69) is 57.7 Å². The Hall–Kier alpha value is -0.910. The third-order valence-corrected chi connectivity index (χ3v) is 3.92. The molecule has 2 heterocycles. The smallest absolute Gasteiger partial charge is 0.0761 e. The van der Waals surface area contributed by atoms with Gasteiger partial charge in [-0.3, -0.25) is 9.58 Å². The van der Waals surface area contributed by atoms with E-state index in [0.29, 0.717) is 12.6 Å². The van der Waals surface area contributed by atoms with Crippen LogP contribution in [0.25, 0.3) is 0 Å². The summed E-state index contributed by atoms with van der Waals surface area (Å²) < 4.78 is 8.16. The molecule has 1 atom stereocenters. The molecule has 21 heavy (non-hydrogen) atoms. The number of hydrogen-bond donors (Lipinski definition) is 1. The van der Waals surface area contributed by atoms with Crippen molar-refractivity contribution in [2.24, 2.45) is 5.73 Å². The molecular weight excluding hydrogens is 264 g/mol. The highest BCUT2D eigenvalue weighted by molar-refractivity contribution is 5.13. The van der Waals surface area contributed by atoms with Crippen molar-refractivity contribution in [3.63, 3.8) is 0 Å². The molecule has 1 aromatic rings. The highest BCUT2D eigenvalue weighted by Crippen LogP contribution is 2.33. The average Bonchev–Trinajstić information content (AvgIpc) is 2.75. The first-order chi connectivity index (χ1) is 9.63. The lowest BCUT2D eigenvalue weighted by molar-refractivity contribution is -0.187. The second-order valence-electron chi connectivity index (χ2n) is 7.63. The summed E-state index contributed by atoms with van der Waals surface area (Å²) in [7, 11) is 0. The monoisotopic (exact) mass is 294 g/mol. The van der Waals surface area contributed by atoms with Crippen molar-refractivity contribution >= 4 is 0 Å². The van der Waals surface area contributed by atoms with Gasteiger partial charge in [-0.2, -0.15) is 5.10 Å². The predicted octanol–water partition coefficient (Wildman–Crippen LogP) is 2.35. The molecule has 0 saturated carbocycles. The highest BCUT2D eigenvalue weighted by atomic mass is 16.5. The topological polar surface area (TPSA) is 56.3 Å². The molecule has 1 fully saturated rings. The van der Waals surface area contributed by atoms with E-state index in [-0.39, 0.29) is 17.2 Å². The first kappa shape index (κ1) is 16.5. The summed E-state index contributed by atoms with van der Waals surface area (Å²) in [6.07, 6.45) is 4.07. The van der Waals surface area contributed by atoms with Gasteiger partial charge in [0.05, 0.1) is 23.4 Å². The van der Waals surface area contributed by atoms with Gasteiger partial charge in [0.1, 0.15) is 0 Å². The molecule has 2 rings (SSSR count). The van der Waals surface area contributed by atoms with E-state index >= 15 is 0 Å². The molecule has 120 valence electrons. The average molecular weight is 294 g/mol. The molecule has 1 saturated heterocycles. The Balaban J connectivity index is 2.23. The number of nitrogens with zero attached hydrogens (tertiary/aromatic N) is 3. The maximum atomic E-state index is 6.16. The molecule has 5 heteroatoms. The van der Waals surface area contributed by atoms with Crippen LogP contribution in [0.3, 0.4) is 0 Å². The number of hydrogen-bond acceptors (Lipinski definition) is 4. The van der Waals surface area contributed by atoms with Crippen LogP contribution in [-0.2, 0) is 4.74 Å². The van der Waals surface area contributed by atoms with Crippen LogP contribution in [0.5, 0.6) is 0 Å². The molecular formula is C16H30N4O. The van der Waals surface area contributed by atoms with E-state index in [1.807, 2.05) is 10.9 Å². The standard InChI is InChI=1S/C16H30N4O/c1-12(2)20-9-13(8-18-20)14(7-17)19-10-15(3,4)21-16(5,6)11-19/h8-9,12,14H,7,10-11,17H2,1-6H3. The predicted molar refractivity (Wildman–Crippen MR) is 85.2 cm³/mol. The minimum atomic E-state index is -0.163. The number of aromatic nitrogens is 2. The third kappa shape index (κ3) is 3.84. The molecule has 0 bridgehead atoms. The van der Waals surface area contributed by atoms with Gasteiger partial charge in [-0.15, -0.1) is 0 Å². The Kier molecular flexibility index (Phi) is 4.47. The Morgan fingerprint density at radius 3 is 2.24 bits per heavy atom. The molecule has 0 radical (unpaired) electrons. The number of ether oxygens (including phenoxy) is 1. The lowest BCUT2D eigenvalue weighted by atomic mass is 9.96. The largest absolute Gasteiger partial charge is 0.367 e. The van der Waals surface area contributed by atoms with E-state index in [1.54, 1.807) is 0 Å². The molecule has 0 amide bonds. The van der Waals surface area contributed by atoms with Crippen LogP contribution in [0.4, 0.5) is 0 Å². The zero-order valence-electron chi connectivity index (χ0n) is 14.3. The SMILES string of the molecule is CC(C)n1cc(C(CN)N2CC(C)(C)OC(C)(C)C2)cn1. The lowest BCUT2D eigenvalue weighted by Gasteiger charge is -2.49. The highest BCUT2D eigenvalue weighted by Gasteiger charge is 2.40. The summed E-state index contributed by atoms with van der Waals surface area (Å²) in [5.74, 6) is 0. The van der Waals surface area contributed by atoms with Crippen molar-refractivity contribution in [1.82, 2.24) is 14.7 Å². The van der Waals surface area contributed by atoms with Crippen LogP contribution >= 0.6 is 0 Å². The van der Waals surface area contributed by atoms with Crippen LogP contribution in [0.1, 0.15) is 59.2 Å². The Labute approximate surface area is 128 Å². The molecule has 5 nitrogen and oxygen atoms in total. The number of rotatable bonds is 4. The normalized spacial score (nSPS) is 23.4. The molecule has 0 spiro atoms. The summed E-state index contributed by atoms with van der Waals surface area (Å²) in [5, 5.41) is 4.46. The van der Waals surface area contributed by atoms with Gasteiger partial charge < -0.3 is 10.5 Å². The summed E-state index contributed by atoms with van der Waals surface area (Å²) in [4.78, 5) is 2.44. The van der Waals surface area contributed by atoms with Crippen LogP contribution < -0.4 is 5.73 Å². The molecule has 1 aromatic heterocycles. The van der Waals surface area contributed by atoms with Crippen LogP contribution in [0, 0.1) is 0 Å². The van der Waals surface area contributed by atoms with E-state index < -0.39 is 0 Å². The second-order valence-corrected chi connectivity index (χ2v) is 7.63. The van der Waals surface area contributed by atoms with Gasteiger partial charge in [-0.25, -0.2) is 0 Å². The van der Waals surface area contributed by atoms with Gasteiger partial charge >= 0.3 is 0 Å². The maximum absolute atomic E-state index is 6.16. The molecule has 1 aliphatic rings. The molecule has 0 aliphatic carbocycles. The number of nitrogens with two attached hydrogens (primary N) is 1. The minimum absolute atomic E-state index is 0.163. The van der Waals surface area contributed by atoms with Crippen LogP contribution in [0.15, 0.2) is 12.4 Å². The Bertz CT molecular complexity index is 462. The van der Waals surface area contributed by atoms with Crippen LogP contribution in [0.2, 0.25) is 0 Å². The summed E-state index contributed by atoms with van der Waals surface area (Å²) in [6, 6.07) is 0.565. The minimum Gasteiger partial charge on any atom is -0.367 e. The fourth-order valence-corrected chi connectivity index (χ4v) is 3.37. The molecule has 0 aromatic carbocycles. The van der Waals surface area contributed by atoms with Gasteiger partial charge in [0.2, 0.25) is 0 Å². The van der Waals surface area contributed by atoms with Crippen molar-refractivity contribution in [3.8, 4) is 0 Å². The maximum Gasteiger partial charge on any atom is 0.0761 e. The zero-order chi connectivity index (χ0) is 15.8. The Morgan fingerprint density at radius 2 is 1.81 bits per heavy atom. The van der Waals surface area contributed by atoms with Crippen LogP contribution in [-0.4, -0.2) is 45.5 Å². The summed E-state index contributed by atoms with van der Waals surface area (Å²) >= 11 is 0.